The van der Waals surface area contributed by atoms with Gasteiger partial charge in [0.15, 0.2) is 5.82 Å². The van der Waals surface area contributed by atoms with E-state index in [4.69, 9.17) is 0 Å². The molecule has 4 rings (SSSR count). The lowest BCUT2D eigenvalue weighted by atomic mass is 9.92. The second-order valence-corrected chi connectivity index (χ2v) is 10.4. The van der Waals surface area contributed by atoms with Gasteiger partial charge in [-0.2, -0.15) is 0 Å². The summed E-state index contributed by atoms with van der Waals surface area (Å²) in [6.07, 6.45) is 5.90. The van der Waals surface area contributed by atoms with Gasteiger partial charge in [0.1, 0.15) is 10.7 Å². The van der Waals surface area contributed by atoms with Gasteiger partial charge in [0.25, 0.3) is 0 Å². The van der Waals surface area contributed by atoms with Crippen LogP contribution in [0.25, 0.3) is 22.4 Å². The van der Waals surface area contributed by atoms with Gasteiger partial charge >= 0.3 is 0 Å². The number of nitrogens with zero attached hydrogens (tertiary/aromatic N) is 3. The Morgan fingerprint density at radius 1 is 1.14 bits per heavy atom. The molecular weight excluding hydrogens is 391 g/mol. The van der Waals surface area contributed by atoms with Crippen molar-refractivity contribution in [3.05, 3.63) is 42.0 Å². The molecule has 1 aromatic carbocycles. The van der Waals surface area contributed by atoms with E-state index in [1.165, 1.54) is 18.5 Å². The molecule has 1 saturated carbocycles. The Bertz CT molecular complexity index is 1170. The summed E-state index contributed by atoms with van der Waals surface area (Å²) in [5, 5.41) is 0.796. The summed E-state index contributed by atoms with van der Waals surface area (Å²) < 4.78 is 43.9. The number of benzene rings is 1. The van der Waals surface area contributed by atoms with Crippen molar-refractivity contribution in [3.63, 3.8) is 0 Å². The maximum Gasteiger partial charge on any atom is 0.244 e. The van der Waals surface area contributed by atoms with Crippen molar-refractivity contribution in [2.45, 2.75) is 63.4 Å². The standard InChI is InChI=1S/C21H25FN4O2S/c1-13-8-18-14(9-17(13)22)10-19(26(18)15-6-5-7-15)20-23-11-16(12-24-20)29(27,28)25-21(2,3)4/h8-12,15,25H,5-7H2,1-4H3. The number of hydrogen-bond acceptors (Lipinski definition) is 4. The topological polar surface area (TPSA) is 76.9 Å². The fourth-order valence-corrected chi connectivity index (χ4v) is 4.92. The Kier molecular flexibility index (Phi) is 4.74. The van der Waals surface area contributed by atoms with Crippen LogP contribution in [-0.4, -0.2) is 28.5 Å². The number of fused-ring (bicyclic) bond motifs is 1. The van der Waals surface area contributed by atoms with Crippen LogP contribution < -0.4 is 4.72 Å². The van der Waals surface area contributed by atoms with E-state index in [1.807, 2.05) is 12.1 Å². The molecule has 29 heavy (non-hydrogen) atoms. The van der Waals surface area contributed by atoms with E-state index in [0.29, 0.717) is 17.4 Å². The van der Waals surface area contributed by atoms with Crippen LogP contribution >= 0.6 is 0 Å². The largest absolute Gasteiger partial charge is 0.335 e. The predicted octanol–water partition coefficient (Wildman–Crippen LogP) is 4.35. The molecule has 0 unspecified atom stereocenters. The van der Waals surface area contributed by atoms with E-state index in [2.05, 4.69) is 19.3 Å². The molecule has 3 aromatic rings. The van der Waals surface area contributed by atoms with Gasteiger partial charge in [-0.25, -0.2) is 27.5 Å². The number of sulfonamides is 1. The molecule has 0 amide bonds. The van der Waals surface area contributed by atoms with Gasteiger partial charge in [-0.15, -0.1) is 0 Å². The van der Waals surface area contributed by atoms with E-state index in [-0.39, 0.29) is 10.7 Å². The SMILES string of the molecule is Cc1cc2c(cc1F)cc(-c1ncc(S(=O)(=O)NC(C)(C)C)cn1)n2C1CCC1. The minimum atomic E-state index is -3.70. The minimum Gasteiger partial charge on any atom is -0.335 e. The van der Waals surface area contributed by atoms with Gasteiger partial charge in [0, 0.05) is 22.5 Å². The van der Waals surface area contributed by atoms with E-state index >= 15 is 0 Å². The second kappa shape index (κ2) is 6.88. The van der Waals surface area contributed by atoms with E-state index in [0.717, 1.165) is 35.9 Å². The van der Waals surface area contributed by atoms with Crippen molar-refractivity contribution in [1.82, 2.24) is 19.3 Å². The van der Waals surface area contributed by atoms with Gasteiger partial charge in [-0.1, -0.05) is 0 Å². The maximum atomic E-state index is 14.1. The molecule has 1 aliphatic carbocycles. The van der Waals surface area contributed by atoms with Crippen molar-refractivity contribution in [1.29, 1.82) is 0 Å². The van der Waals surface area contributed by atoms with Gasteiger partial charge < -0.3 is 4.57 Å². The van der Waals surface area contributed by atoms with Crippen LogP contribution in [0, 0.1) is 12.7 Å². The van der Waals surface area contributed by atoms with Gasteiger partial charge in [0.05, 0.1) is 18.1 Å². The van der Waals surface area contributed by atoms with Crippen LogP contribution in [0.1, 0.15) is 51.6 Å². The second-order valence-electron chi connectivity index (χ2n) is 8.74. The zero-order valence-corrected chi connectivity index (χ0v) is 17.8. The summed E-state index contributed by atoms with van der Waals surface area (Å²) in [7, 11) is -3.70. The van der Waals surface area contributed by atoms with Crippen molar-refractivity contribution >= 4 is 20.9 Å². The molecule has 8 heteroatoms. The lowest BCUT2D eigenvalue weighted by molar-refractivity contribution is 0.323. The summed E-state index contributed by atoms with van der Waals surface area (Å²) in [5.74, 6) is 0.186. The van der Waals surface area contributed by atoms with Crippen molar-refractivity contribution in [2.24, 2.45) is 0 Å². The van der Waals surface area contributed by atoms with Crippen LogP contribution in [0.4, 0.5) is 4.39 Å². The average Bonchev–Trinajstić information content (AvgIpc) is 2.90. The fourth-order valence-electron chi connectivity index (χ4n) is 3.61. The third kappa shape index (κ3) is 3.79. The maximum absolute atomic E-state index is 14.1. The van der Waals surface area contributed by atoms with Gasteiger partial charge in [0.2, 0.25) is 10.0 Å². The first-order valence-corrected chi connectivity index (χ1v) is 11.2. The third-order valence-corrected chi connectivity index (χ3v) is 6.88. The van der Waals surface area contributed by atoms with Crippen LogP contribution in [0.15, 0.2) is 35.5 Å². The highest BCUT2D eigenvalue weighted by Gasteiger charge is 2.27. The van der Waals surface area contributed by atoms with Crippen molar-refractivity contribution < 1.29 is 12.8 Å². The summed E-state index contributed by atoms with van der Waals surface area (Å²) in [6, 6.07) is 5.60. The normalized spacial score (nSPS) is 15.6. The van der Waals surface area contributed by atoms with Gasteiger partial charge in [-0.3, -0.25) is 0 Å². The summed E-state index contributed by atoms with van der Waals surface area (Å²) in [4.78, 5) is 8.70. The van der Waals surface area contributed by atoms with Crippen LogP contribution in [0.2, 0.25) is 0 Å². The first kappa shape index (κ1) is 20.0. The summed E-state index contributed by atoms with van der Waals surface area (Å²) in [5.41, 5.74) is 1.73. The molecule has 1 fully saturated rings. The van der Waals surface area contributed by atoms with Crippen LogP contribution in [-0.2, 0) is 10.0 Å². The number of rotatable bonds is 4. The molecule has 2 heterocycles. The molecule has 2 aromatic heterocycles. The third-order valence-electron chi connectivity index (χ3n) is 5.17. The number of aryl methyl sites for hydroxylation is 1. The molecule has 0 bridgehead atoms. The van der Waals surface area contributed by atoms with Gasteiger partial charge in [-0.05, 0) is 70.7 Å². The number of halogens is 1. The minimum absolute atomic E-state index is 0.0179. The zero-order valence-electron chi connectivity index (χ0n) is 17.0. The fraction of sp³-hybridized carbons (Fsp3) is 0.429. The lowest BCUT2D eigenvalue weighted by Gasteiger charge is -2.29. The monoisotopic (exact) mass is 416 g/mol. The number of nitrogens with one attached hydrogen (secondary N) is 1. The first-order chi connectivity index (χ1) is 13.5. The van der Waals surface area contributed by atoms with E-state index in [9.17, 15) is 12.8 Å². The van der Waals surface area contributed by atoms with Crippen molar-refractivity contribution in [3.8, 4) is 11.5 Å². The summed E-state index contributed by atoms with van der Waals surface area (Å²) in [6.45, 7) is 7.08. The quantitative estimate of drug-likeness (QED) is 0.686. The molecule has 0 spiro atoms. The highest BCUT2D eigenvalue weighted by molar-refractivity contribution is 7.89. The number of aromatic nitrogens is 3. The molecule has 6 nitrogen and oxygen atoms in total. The smallest absolute Gasteiger partial charge is 0.244 e. The average molecular weight is 417 g/mol. The molecule has 154 valence electrons. The molecule has 0 radical (unpaired) electrons. The Morgan fingerprint density at radius 3 is 2.34 bits per heavy atom. The molecular formula is C21H25FN4O2S. The Hall–Kier alpha value is -2.32. The Balaban J connectivity index is 1.79. The van der Waals surface area contributed by atoms with Crippen LogP contribution in [0.5, 0.6) is 0 Å². The predicted molar refractivity (Wildman–Crippen MR) is 111 cm³/mol. The molecule has 1 aliphatic rings. The van der Waals surface area contributed by atoms with Crippen LogP contribution in [0.3, 0.4) is 0 Å². The number of hydrogen-bond donors (Lipinski definition) is 1. The highest BCUT2D eigenvalue weighted by atomic mass is 32.2. The zero-order chi connectivity index (χ0) is 21.0. The first-order valence-electron chi connectivity index (χ1n) is 9.73. The van der Waals surface area contributed by atoms with E-state index in [1.54, 1.807) is 27.7 Å². The van der Waals surface area contributed by atoms with E-state index < -0.39 is 15.6 Å². The molecule has 1 N–H and O–H groups in total. The Morgan fingerprint density at radius 2 is 1.79 bits per heavy atom. The summed E-state index contributed by atoms with van der Waals surface area (Å²) >= 11 is 0. The molecule has 0 saturated heterocycles. The highest BCUT2D eigenvalue weighted by Crippen LogP contribution is 2.39. The van der Waals surface area contributed by atoms with Crippen molar-refractivity contribution in [2.75, 3.05) is 0 Å². The lowest BCUT2D eigenvalue weighted by Crippen LogP contribution is -2.40. The molecule has 0 atom stereocenters. The molecule has 0 aliphatic heterocycles. The Labute approximate surface area is 170 Å².